The lowest BCUT2D eigenvalue weighted by Gasteiger charge is -2.16. The van der Waals surface area contributed by atoms with E-state index in [9.17, 15) is 9.18 Å². The first-order chi connectivity index (χ1) is 13.5. The number of pyridine rings is 1. The van der Waals surface area contributed by atoms with Crippen molar-refractivity contribution >= 4 is 16.9 Å². The van der Waals surface area contributed by atoms with Crippen molar-refractivity contribution in [3.63, 3.8) is 0 Å². The highest BCUT2D eigenvalue weighted by atomic mass is 19.1. The molecule has 0 fully saturated rings. The molecule has 1 N–H and O–H groups in total. The summed E-state index contributed by atoms with van der Waals surface area (Å²) in [4.78, 5) is 17.7. The van der Waals surface area contributed by atoms with Gasteiger partial charge in [0.15, 0.2) is 11.4 Å². The molecule has 0 aliphatic heterocycles. The highest BCUT2D eigenvalue weighted by molar-refractivity contribution is 6.07. The second-order valence-corrected chi connectivity index (χ2v) is 6.66. The fraction of sp³-hybridized carbons (Fsp3) is 0.190. The molecular formula is C21H19FN4O2. The Bertz CT molecular complexity index is 1160. The van der Waals surface area contributed by atoms with Crippen LogP contribution in [-0.4, -0.2) is 20.7 Å². The summed E-state index contributed by atoms with van der Waals surface area (Å²) in [5.41, 5.74) is 2.65. The standard InChI is InChI=1S/C21H19FN4O2/c1-12(14-7-4-5-8-16(14)22)23-21(27)15-11-17(18-9-6-10-28-18)24-20-19(15)13(2)25-26(20)3/h4-12H,1-3H3,(H,23,27). The first kappa shape index (κ1) is 17.9. The third-order valence-electron chi connectivity index (χ3n) is 4.71. The number of furan rings is 1. The predicted octanol–water partition coefficient (Wildman–Crippen LogP) is 4.17. The minimum atomic E-state index is -0.499. The highest BCUT2D eigenvalue weighted by Gasteiger charge is 2.22. The van der Waals surface area contributed by atoms with E-state index >= 15 is 0 Å². The van der Waals surface area contributed by atoms with Gasteiger partial charge in [-0.3, -0.25) is 9.48 Å². The van der Waals surface area contributed by atoms with Crippen LogP contribution < -0.4 is 5.32 Å². The van der Waals surface area contributed by atoms with Crippen LogP contribution in [0.25, 0.3) is 22.5 Å². The molecule has 1 amide bonds. The average molecular weight is 378 g/mol. The minimum Gasteiger partial charge on any atom is -0.463 e. The van der Waals surface area contributed by atoms with Gasteiger partial charge in [0.1, 0.15) is 11.5 Å². The second kappa shape index (κ2) is 6.92. The zero-order valence-electron chi connectivity index (χ0n) is 15.7. The summed E-state index contributed by atoms with van der Waals surface area (Å²) < 4.78 is 21.2. The summed E-state index contributed by atoms with van der Waals surface area (Å²) in [6.07, 6.45) is 1.55. The van der Waals surface area contributed by atoms with Crippen LogP contribution in [0.5, 0.6) is 0 Å². The molecule has 142 valence electrons. The van der Waals surface area contributed by atoms with E-state index < -0.39 is 6.04 Å². The number of amides is 1. The summed E-state index contributed by atoms with van der Waals surface area (Å²) in [7, 11) is 1.78. The van der Waals surface area contributed by atoms with Crippen molar-refractivity contribution < 1.29 is 13.6 Å². The van der Waals surface area contributed by atoms with E-state index in [-0.39, 0.29) is 11.7 Å². The third kappa shape index (κ3) is 3.05. The minimum absolute atomic E-state index is 0.327. The molecule has 1 unspecified atom stereocenters. The topological polar surface area (TPSA) is 73.0 Å². The number of halogens is 1. The zero-order chi connectivity index (χ0) is 19.8. The van der Waals surface area contributed by atoms with Gasteiger partial charge in [0.05, 0.1) is 28.9 Å². The van der Waals surface area contributed by atoms with Crippen LogP contribution in [-0.2, 0) is 7.05 Å². The highest BCUT2D eigenvalue weighted by Crippen LogP contribution is 2.27. The Morgan fingerprint density at radius 1 is 1.25 bits per heavy atom. The largest absolute Gasteiger partial charge is 0.463 e. The van der Waals surface area contributed by atoms with E-state index in [0.717, 1.165) is 0 Å². The van der Waals surface area contributed by atoms with E-state index in [1.807, 2.05) is 6.92 Å². The van der Waals surface area contributed by atoms with E-state index in [4.69, 9.17) is 4.42 Å². The van der Waals surface area contributed by atoms with Crippen LogP contribution >= 0.6 is 0 Å². The fourth-order valence-electron chi connectivity index (χ4n) is 3.35. The summed E-state index contributed by atoms with van der Waals surface area (Å²) in [6.45, 7) is 3.58. The van der Waals surface area contributed by atoms with E-state index in [0.29, 0.717) is 39.3 Å². The molecule has 0 saturated carbocycles. The number of fused-ring (bicyclic) bond motifs is 1. The monoisotopic (exact) mass is 378 g/mol. The lowest BCUT2D eigenvalue weighted by atomic mass is 10.0. The summed E-state index contributed by atoms with van der Waals surface area (Å²) >= 11 is 0. The molecule has 4 aromatic rings. The maximum atomic E-state index is 14.1. The molecule has 0 radical (unpaired) electrons. The number of hydrogen-bond acceptors (Lipinski definition) is 4. The first-order valence-electron chi connectivity index (χ1n) is 8.89. The number of aromatic nitrogens is 3. The lowest BCUT2D eigenvalue weighted by molar-refractivity contribution is 0.0941. The van der Waals surface area contributed by atoms with Crippen LogP contribution in [0.15, 0.2) is 53.1 Å². The van der Waals surface area contributed by atoms with Crippen LogP contribution in [0.2, 0.25) is 0 Å². The molecule has 4 rings (SSSR count). The molecule has 0 spiro atoms. The quantitative estimate of drug-likeness (QED) is 0.579. The molecule has 3 aromatic heterocycles. The molecule has 6 nitrogen and oxygen atoms in total. The van der Waals surface area contributed by atoms with Crippen molar-refractivity contribution in [3.05, 3.63) is 71.4 Å². The molecule has 7 heteroatoms. The SMILES string of the molecule is Cc1nn(C)c2nc(-c3ccco3)cc(C(=O)NC(C)c3ccccc3F)c12. The number of aryl methyl sites for hydroxylation is 2. The predicted molar refractivity (Wildman–Crippen MR) is 103 cm³/mol. The maximum Gasteiger partial charge on any atom is 0.252 e. The van der Waals surface area contributed by atoms with E-state index in [1.165, 1.54) is 6.07 Å². The van der Waals surface area contributed by atoms with Crippen molar-refractivity contribution in [1.82, 2.24) is 20.1 Å². The molecule has 0 aliphatic carbocycles. The van der Waals surface area contributed by atoms with Gasteiger partial charge in [-0.1, -0.05) is 18.2 Å². The Morgan fingerprint density at radius 3 is 2.75 bits per heavy atom. The van der Waals surface area contributed by atoms with Crippen molar-refractivity contribution in [2.45, 2.75) is 19.9 Å². The average Bonchev–Trinajstić information content (AvgIpc) is 3.30. The fourth-order valence-corrected chi connectivity index (χ4v) is 3.35. The lowest BCUT2D eigenvalue weighted by Crippen LogP contribution is -2.27. The van der Waals surface area contributed by atoms with E-state index in [1.54, 1.807) is 61.3 Å². The van der Waals surface area contributed by atoms with Gasteiger partial charge in [-0.15, -0.1) is 0 Å². The normalized spacial score (nSPS) is 12.3. The summed E-state index contributed by atoms with van der Waals surface area (Å²) in [6, 6.07) is 11.1. The number of carbonyl (C=O) groups is 1. The Morgan fingerprint density at radius 2 is 2.04 bits per heavy atom. The van der Waals surface area contributed by atoms with Crippen LogP contribution in [0.4, 0.5) is 4.39 Å². The van der Waals surface area contributed by atoms with Gasteiger partial charge in [-0.25, -0.2) is 9.37 Å². The van der Waals surface area contributed by atoms with Crippen molar-refractivity contribution in [1.29, 1.82) is 0 Å². The smallest absolute Gasteiger partial charge is 0.252 e. The number of hydrogen-bond donors (Lipinski definition) is 1. The van der Waals surface area contributed by atoms with Gasteiger partial charge in [-0.2, -0.15) is 5.10 Å². The van der Waals surface area contributed by atoms with Gasteiger partial charge in [0.25, 0.3) is 5.91 Å². The van der Waals surface area contributed by atoms with Gasteiger partial charge in [0, 0.05) is 12.6 Å². The van der Waals surface area contributed by atoms with Gasteiger partial charge in [0.2, 0.25) is 0 Å². The van der Waals surface area contributed by atoms with Crippen LogP contribution in [0, 0.1) is 12.7 Å². The summed E-state index contributed by atoms with van der Waals surface area (Å²) in [5.74, 6) is -0.131. The molecule has 1 aromatic carbocycles. The number of carbonyl (C=O) groups excluding carboxylic acids is 1. The first-order valence-corrected chi connectivity index (χ1v) is 8.89. The third-order valence-corrected chi connectivity index (χ3v) is 4.71. The Balaban J connectivity index is 1.78. The van der Waals surface area contributed by atoms with Crippen LogP contribution in [0.3, 0.4) is 0 Å². The Hall–Kier alpha value is -3.48. The number of rotatable bonds is 4. The number of nitrogens with one attached hydrogen (secondary N) is 1. The Kier molecular flexibility index (Phi) is 4.43. The molecule has 3 heterocycles. The van der Waals surface area contributed by atoms with E-state index in [2.05, 4.69) is 15.4 Å². The molecule has 0 saturated heterocycles. The summed E-state index contributed by atoms with van der Waals surface area (Å²) in [5, 5.41) is 7.93. The maximum absolute atomic E-state index is 14.1. The van der Waals surface area contributed by atoms with Gasteiger partial charge in [-0.05, 0) is 38.1 Å². The molecular weight excluding hydrogens is 359 g/mol. The molecule has 1 atom stereocenters. The zero-order valence-corrected chi connectivity index (χ0v) is 15.7. The Labute approximate surface area is 161 Å². The molecule has 28 heavy (non-hydrogen) atoms. The molecule has 0 aliphatic rings. The number of benzene rings is 1. The van der Waals surface area contributed by atoms with Crippen molar-refractivity contribution in [2.24, 2.45) is 7.05 Å². The second-order valence-electron chi connectivity index (χ2n) is 6.66. The molecule has 0 bridgehead atoms. The van der Waals surface area contributed by atoms with Crippen molar-refractivity contribution in [2.75, 3.05) is 0 Å². The number of nitrogens with zero attached hydrogens (tertiary/aromatic N) is 3. The van der Waals surface area contributed by atoms with Crippen LogP contribution in [0.1, 0.15) is 34.6 Å². The van der Waals surface area contributed by atoms with Crippen molar-refractivity contribution in [3.8, 4) is 11.5 Å². The van der Waals surface area contributed by atoms with Gasteiger partial charge >= 0.3 is 0 Å². The van der Waals surface area contributed by atoms with Gasteiger partial charge < -0.3 is 9.73 Å².